The van der Waals surface area contributed by atoms with Crippen molar-refractivity contribution in [3.05, 3.63) is 59.0 Å². The Balaban J connectivity index is 1.68. The van der Waals surface area contributed by atoms with Gasteiger partial charge in [-0.25, -0.2) is 14.2 Å². The first kappa shape index (κ1) is 19.1. The van der Waals surface area contributed by atoms with E-state index in [0.29, 0.717) is 42.8 Å². The van der Waals surface area contributed by atoms with Crippen LogP contribution in [0.3, 0.4) is 0 Å². The van der Waals surface area contributed by atoms with Crippen molar-refractivity contribution >= 4 is 23.8 Å². The smallest absolute Gasteiger partial charge is 0.338 e. The van der Waals surface area contributed by atoms with Crippen molar-refractivity contribution in [2.24, 2.45) is 0 Å². The van der Waals surface area contributed by atoms with Gasteiger partial charge < -0.3 is 20.1 Å². The lowest BCUT2D eigenvalue weighted by Crippen LogP contribution is -2.51. The van der Waals surface area contributed by atoms with E-state index in [1.165, 1.54) is 37.6 Å². The Morgan fingerprint density at radius 2 is 2.03 bits per heavy atom. The lowest BCUT2D eigenvalue weighted by atomic mass is 9.81. The largest absolute Gasteiger partial charge is 0.482 e. The zero-order valence-corrected chi connectivity index (χ0v) is 15.8. The first-order valence-corrected chi connectivity index (χ1v) is 9.28. The number of benzene rings is 1. The lowest BCUT2D eigenvalue weighted by molar-refractivity contribution is -0.115. The Hall–Kier alpha value is -3.26. The number of nitrogens with one attached hydrogen (secondary N) is 2. The molecule has 2 aromatic rings. The van der Waals surface area contributed by atoms with Crippen molar-refractivity contribution in [2.45, 2.75) is 18.4 Å². The van der Waals surface area contributed by atoms with E-state index in [0.717, 1.165) is 0 Å². The lowest BCUT2D eigenvalue weighted by Gasteiger charge is -2.41. The molecule has 1 fully saturated rings. The van der Waals surface area contributed by atoms with Crippen LogP contribution in [0.5, 0.6) is 5.75 Å². The van der Waals surface area contributed by atoms with E-state index in [9.17, 15) is 14.0 Å². The van der Waals surface area contributed by atoms with Gasteiger partial charge >= 0.3 is 5.97 Å². The second kappa shape index (κ2) is 7.63. The molecule has 0 saturated carbocycles. The molecular weight excluding hydrogens is 377 g/mol. The molecule has 0 radical (unpaired) electrons. The molecule has 3 heterocycles. The Morgan fingerprint density at radius 1 is 1.24 bits per heavy atom. The Bertz CT molecular complexity index is 999. The average Bonchev–Trinajstić information content (AvgIpc) is 2.73. The van der Waals surface area contributed by atoms with Gasteiger partial charge in [0.25, 0.3) is 5.91 Å². The van der Waals surface area contributed by atoms with Crippen LogP contribution in [0.4, 0.5) is 10.2 Å². The maximum Gasteiger partial charge on any atom is 0.338 e. The maximum absolute atomic E-state index is 13.7. The molecule has 8 heteroatoms. The number of methoxy groups -OCH3 is 1. The number of halogens is 1. The number of anilines is 1. The normalized spacial score (nSPS) is 17.0. The van der Waals surface area contributed by atoms with Crippen LogP contribution >= 0.6 is 0 Å². The molecule has 2 aliphatic rings. The molecule has 0 aliphatic carbocycles. The summed E-state index contributed by atoms with van der Waals surface area (Å²) in [6.07, 6.45) is 4.30. The number of piperidine rings is 1. The molecule has 1 aromatic carbocycles. The SMILES string of the molecule is COC(=O)c1ccnc(NC(=O)C2=Cc3ccc(F)cc3OC23CCNCC3)c1. The molecule has 2 aliphatic heterocycles. The second-order valence-electron chi connectivity index (χ2n) is 6.96. The predicted octanol–water partition coefficient (Wildman–Crippen LogP) is 2.54. The average molecular weight is 397 g/mol. The summed E-state index contributed by atoms with van der Waals surface area (Å²) in [5, 5.41) is 5.99. The number of nitrogens with zero attached hydrogens (tertiary/aromatic N) is 1. The van der Waals surface area contributed by atoms with Gasteiger partial charge in [0.05, 0.1) is 18.2 Å². The van der Waals surface area contributed by atoms with E-state index in [4.69, 9.17) is 9.47 Å². The van der Waals surface area contributed by atoms with Gasteiger partial charge in [-0.2, -0.15) is 0 Å². The summed E-state index contributed by atoms with van der Waals surface area (Å²) < 4.78 is 24.6. The summed E-state index contributed by atoms with van der Waals surface area (Å²) >= 11 is 0. The molecule has 1 amide bonds. The topological polar surface area (TPSA) is 89.5 Å². The predicted molar refractivity (Wildman–Crippen MR) is 104 cm³/mol. The fourth-order valence-electron chi connectivity index (χ4n) is 3.67. The van der Waals surface area contributed by atoms with Crippen molar-refractivity contribution in [2.75, 3.05) is 25.5 Å². The molecule has 0 unspecified atom stereocenters. The standard InChI is InChI=1S/C21H20FN3O4/c1-28-20(27)14-4-7-24-18(11-14)25-19(26)16-10-13-2-3-15(22)12-17(13)29-21(16)5-8-23-9-6-21/h2-4,7,10-12,23H,5-6,8-9H2,1H3,(H,24,25,26). The van der Waals surface area contributed by atoms with Crippen LogP contribution in [-0.2, 0) is 9.53 Å². The molecular formula is C21H20FN3O4. The number of hydrogen-bond donors (Lipinski definition) is 2. The highest BCUT2D eigenvalue weighted by molar-refractivity contribution is 6.09. The number of carbonyl (C=O) groups excluding carboxylic acids is 2. The van der Waals surface area contributed by atoms with Crippen molar-refractivity contribution < 1.29 is 23.5 Å². The molecule has 0 bridgehead atoms. The third kappa shape index (κ3) is 3.71. The monoisotopic (exact) mass is 397 g/mol. The molecule has 150 valence electrons. The zero-order valence-electron chi connectivity index (χ0n) is 15.8. The molecule has 29 heavy (non-hydrogen) atoms. The van der Waals surface area contributed by atoms with Crippen molar-refractivity contribution in [1.82, 2.24) is 10.3 Å². The highest BCUT2D eigenvalue weighted by atomic mass is 19.1. The first-order valence-electron chi connectivity index (χ1n) is 9.28. The quantitative estimate of drug-likeness (QED) is 0.774. The van der Waals surface area contributed by atoms with Crippen molar-refractivity contribution in [3.63, 3.8) is 0 Å². The first-order chi connectivity index (χ1) is 14.0. The number of carbonyl (C=O) groups is 2. The highest BCUT2D eigenvalue weighted by Gasteiger charge is 2.44. The van der Waals surface area contributed by atoms with Crippen LogP contribution in [-0.4, -0.2) is 42.7 Å². The van der Waals surface area contributed by atoms with E-state index in [2.05, 4.69) is 15.6 Å². The number of amides is 1. The molecule has 4 rings (SSSR count). The van der Waals surface area contributed by atoms with Crippen LogP contribution in [0.1, 0.15) is 28.8 Å². The number of aromatic nitrogens is 1. The number of ether oxygens (including phenoxy) is 2. The minimum atomic E-state index is -0.851. The van der Waals surface area contributed by atoms with Crippen LogP contribution in [0.25, 0.3) is 6.08 Å². The Labute approximate surface area is 166 Å². The summed E-state index contributed by atoms with van der Waals surface area (Å²) in [6, 6.07) is 7.21. The maximum atomic E-state index is 13.7. The van der Waals surface area contributed by atoms with E-state index < -0.39 is 17.4 Å². The zero-order chi connectivity index (χ0) is 20.4. The van der Waals surface area contributed by atoms with Gasteiger partial charge in [-0.3, -0.25) is 4.79 Å². The molecule has 0 atom stereocenters. The number of pyridine rings is 1. The van der Waals surface area contributed by atoms with Crippen LogP contribution < -0.4 is 15.4 Å². The van der Waals surface area contributed by atoms with E-state index in [1.807, 2.05) is 0 Å². The highest BCUT2D eigenvalue weighted by Crippen LogP contribution is 2.41. The van der Waals surface area contributed by atoms with Crippen LogP contribution in [0, 0.1) is 5.82 Å². The molecule has 1 aromatic heterocycles. The summed E-state index contributed by atoms with van der Waals surface area (Å²) in [5.74, 6) is -0.634. The minimum absolute atomic E-state index is 0.229. The van der Waals surface area contributed by atoms with Crippen molar-refractivity contribution in [1.29, 1.82) is 0 Å². The second-order valence-corrected chi connectivity index (χ2v) is 6.96. The molecule has 2 N–H and O–H groups in total. The summed E-state index contributed by atoms with van der Waals surface area (Å²) in [5.41, 5.74) is 0.514. The van der Waals surface area contributed by atoms with Crippen LogP contribution in [0.15, 0.2) is 42.1 Å². The minimum Gasteiger partial charge on any atom is -0.482 e. The van der Waals surface area contributed by atoms with Gasteiger partial charge in [0.1, 0.15) is 23.0 Å². The van der Waals surface area contributed by atoms with Gasteiger partial charge in [0.2, 0.25) is 0 Å². The van der Waals surface area contributed by atoms with Gasteiger partial charge in [0.15, 0.2) is 0 Å². The third-order valence-corrected chi connectivity index (χ3v) is 5.15. The fourth-order valence-corrected chi connectivity index (χ4v) is 3.67. The summed E-state index contributed by atoms with van der Waals surface area (Å²) in [7, 11) is 1.28. The number of hydrogen-bond acceptors (Lipinski definition) is 6. The third-order valence-electron chi connectivity index (χ3n) is 5.15. The molecule has 7 nitrogen and oxygen atoms in total. The van der Waals surface area contributed by atoms with Gasteiger partial charge in [0, 0.05) is 30.7 Å². The van der Waals surface area contributed by atoms with E-state index in [1.54, 1.807) is 12.1 Å². The number of esters is 1. The Morgan fingerprint density at radius 3 is 2.79 bits per heavy atom. The van der Waals surface area contributed by atoms with Crippen molar-refractivity contribution in [3.8, 4) is 5.75 Å². The summed E-state index contributed by atoms with van der Waals surface area (Å²) in [4.78, 5) is 29.0. The number of rotatable bonds is 3. The number of fused-ring (bicyclic) bond motifs is 1. The molecule has 1 saturated heterocycles. The Kier molecular flexibility index (Phi) is 5.02. The van der Waals surface area contributed by atoms with Gasteiger partial charge in [-0.1, -0.05) is 0 Å². The summed E-state index contributed by atoms with van der Waals surface area (Å²) in [6.45, 7) is 1.34. The van der Waals surface area contributed by atoms with Gasteiger partial charge in [-0.05, 0) is 43.4 Å². The van der Waals surface area contributed by atoms with Crippen LogP contribution in [0.2, 0.25) is 0 Å². The van der Waals surface area contributed by atoms with E-state index in [-0.39, 0.29) is 17.3 Å². The van der Waals surface area contributed by atoms with Gasteiger partial charge in [-0.15, -0.1) is 0 Å². The van der Waals surface area contributed by atoms with E-state index >= 15 is 0 Å². The molecule has 1 spiro atoms. The fraction of sp³-hybridized carbons (Fsp3) is 0.286.